The molecular weight excluding hydrogens is 402 g/mol. The van der Waals surface area contributed by atoms with Gasteiger partial charge in [0.05, 0.1) is 5.56 Å². The smallest absolute Gasteiger partial charge is 0.255 e. The van der Waals surface area contributed by atoms with Gasteiger partial charge in [0.2, 0.25) is 11.7 Å². The highest BCUT2D eigenvalue weighted by atomic mass is 16.5. The average Bonchev–Trinajstić information content (AvgIpc) is 3.26. The van der Waals surface area contributed by atoms with Crippen molar-refractivity contribution in [3.05, 3.63) is 113 Å². The second kappa shape index (κ2) is 10.4. The fourth-order valence-electron chi connectivity index (χ4n) is 3.64. The third kappa shape index (κ3) is 5.40. The first kappa shape index (κ1) is 21.3. The maximum Gasteiger partial charge on any atom is 0.255 e. The fourth-order valence-corrected chi connectivity index (χ4v) is 3.64. The highest BCUT2D eigenvalue weighted by Gasteiger charge is 2.16. The lowest BCUT2D eigenvalue weighted by atomic mass is 9.88. The first-order valence-corrected chi connectivity index (χ1v) is 10.6. The van der Waals surface area contributed by atoms with Crippen molar-refractivity contribution >= 4 is 5.91 Å². The molecule has 0 unspecified atom stereocenters. The quantitative estimate of drug-likeness (QED) is 0.411. The van der Waals surface area contributed by atoms with E-state index in [1.807, 2.05) is 48.5 Å². The van der Waals surface area contributed by atoms with Gasteiger partial charge in [-0.2, -0.15) is 4.98 Å². The Labute approximate surface area is 187 Å². The minimum atomic E-state index is -0.176. The van der Waals surface area contributed by atoms with Crippen molar-refractivity contribution in [3.8, 4) is 5.75 Å². The molecule has 6 nitrogen and oxygen atoms in total. The molecule has 0 aliphatic heterocycles. The molecule has 0 spiro atoms. The van der Waals surface area contributed by atoms with Crippen LogP contribution in [0.4, 0.5) is 0 Å². The molecule has 4 rings (SSSR count). The zero-order chi connectivity index (χ0) is 22.2. The second-order valence-electron chi connectivity index (χ2n) is 7.43. The van der Waals surface area contributed by atoms with Gasteiger partial charge in [0.15, 0.2) is 6.61 Å². The Morgan fingerprint density at radius 2 is 1.56 bits per heavy atom. The SMILES string of the molecule is Cc1nc(COc2ccccc2C(=O)NCCC(c2ccccc2)c2ccccc2)no1. The summed E-state index contributed by atoms with van der Waals surface area (Å²) < 4.78 is 10.7. The lowest BCUT2D eigenvalue weighted by molar-refractivity contribution is 0.0948. The van der Waals surface area contributed by atoms with Crippen LogP contribution in [-0.4, -0.2) is 22.6 Å². The molecule has 1 amide bonds. The summed E-state index contributed by atoms with van der Waals surface area (Å²) in [7, 11) is 0. The molecule has 6 heteroatoms. The molecule has 1 N–H and O–H groups in total. The molecule has 162 valence electrons. The number of benzene rings is 3. The summed E-state index contributed by atoms with van der Waals surface area (Å²) in [6, 6.07) is 27.9. The van der Waals surface area contributed by atoms with Crippen molar-refractivity contribution in [1.29, 1.82) is 0 Å². The summed E-state index contributed by atoms with van der Waals surface area (Å²) in [6.07, 6.45) is 0.783. The zero-order valence-corrected chi connectivity index (χ0v) is 17.9. The van der Waals surface area contributed by atoms with Crippen LogP contribution >= 0.6 is 0 Å². The summed E-state index contributed by atoms with van der Waals surface area (Å²) in [5, 5.41) is 6.86. The Bertz CT molecular complexity index is 1100. The van der Waals surface area contributed by atoms with Gasteiger partial charge >= 0.3 is 0 Å². The van der Waals surface area contributed by atoms with Crippen molar-refractivity contribution < 1.29 is 14.1 Å². The van der Waals surface area contributed by atoms with E-state index in [9.17, 15) is 4.79 Å². The van der Waals surface area contributed by atoms with E-state index in [2.05, 4.69) is 39.7 Å². The number of nitrogens with zero attached hydrogens (tertiary/aromatic N) is 2. The lowest BCUT2D eigenvalue weighted by Gasteiger charge is -2.19. The van der Waals surface area contributed by atoms with Crippen LogP contribution in [0.1, 0.15) is 45.5 Å². The standard InChI is InChI=1S/C26H25N3O3/c1-19-28-25(29-32-19)18-31-24-15-9-8-14-23(24)26(30)27-17-16-22(20-10-4-2-5-11-20)21-12-6-3-7-13-21/h2-15,22H,16-18H2,1H3,(H,27,30). The molecule has 0 radical (unpaired) electrons. The number of amides is 1. The summed E-state index contributed by atoms with van der Waals surface area (Å²) in [4.78, 5) is 17.0. The maximum absolute atomic E-state index is 12.9. The molecular formula is C26H25N3O3. The van der Waals surface area contributed by atoms with E-state index in [1.165, 1.54) is 11.1 Å². The molecule has 0 fully saturated rings. The van der Waals surface area contributed by atoms with Gasteiger partial charge < -0.3 is 14.6 Å². The molecule has 1 heterocycles. The first-order chi connectivity index (χ1) is 15.7. The van der Waals surface area contributed by atoms with E-state index in [0.717, 1.165) is 6.42 Å². The number of aryl methyl sites for hydroxylation is 1. The van der Waals surface area contributed by atoms with Crippen molar-refractivity contribution in [2.45, 2.75) is 25.9 Å². The topological polar surface area (TPSA) is 77.2 Å². The van der Waals surface area contributed by atoms with Gasteiger partial charge in [0.25, 0.3) is 5.91 Å². The molecule has 0 saturated heterocycles. The van der Waals surface area contributed by atoms with Crippen LogP contribution in [0, 0.1) is 6.92 Å². The molecule has 32 heavy (non-hydrogen) atoms. The average molecular weight is 428 g/mol. The van der Waals surface area contributed by atoms with Crippen molar-refractivity contribution in [1.82, 2.24) is 15.5 Å². The molecule has 0 atom stereocenters. The van der Waals surface area contributed by atoms with E-state index < -0.39 is 0 Å². The van der Waals surface area contributed by atoms with E-state index in [1.54, 1.807) is 19.1 Å². The van der Waals surface area contributed by atoms with Gasteiger partial charge in [-0.05, 0) is 29.7 Å². The van der Waals surface area contributed by atoms with E-state index >= 15 is 0 Å². The number of hydrogen-bond donors (Lipinski definition) is 1. The highest BCUT2D eigenvalue weighted by Crippen LogP contribution is 2.27. The minimum Gasteiger partial charge on any atom is -0.485 e. The number of para-hydroxylation sites is 1. The fraction of sp³-hybridized carbons (Fsp3) is 0.192. The van der Waals surface area contributed by atoms with Crippen LogP contribution in [0.15, 0.2) is 89.5 Å². The molecule has 0 bridgehead atoms. The minimum absolute atomic E-state index is 0.131. The van der Waals surface area contributed by atoms with Crippen LogP contribution < -0.4 is 10.1 Å². The van der Waals surface area contributed by atoms with E-state index in [4.69, 9.17) is 9.26 Å². The molecule has 4 aromatic rings. The van der Waals surface area contributed by atoms with Gasteiger partial charge in [0, 0.05) is 19.4 Å². The van der Waals surface area contributed by atoms with Crippen molar-refractivity contribution in [2.75, 3.05) is 6.54 Å². The number of aromatic nitrogens is 2. The monoisotopic (exact) mass is 427 g/mol. The number of carbonyl (C=O) groups excluding carboxylic acids is 1. The van der Waals surface area contributed by atoms with Gasteiger partial charge in [0.1, 0.15) is 5.75 Å². The Morgan fingerprint density at radius 1 is 0.938 bits per heavy atom. The summed E-state index contributed by atoms with van der Waals surface area (Å²) in [5.41, 5.74) is 2.93. The Hall–Kier alpha value is -3.93. The molecule has 3 aromatic carbocycles. The normalized spacial score (nSPS) is 10.8. The van der Waals surface area contributed by atoms with Gasteiger partial charge in [-0.15, -0.1) is 0 Å². The summed E-state index contributed by atoms with van der Waals surface area (Å²) in [6.45, 7) is 2.38. The molecule has 0 saturated carbocycles. The van der Waals surface area contributed by atoms with E-state index in [0.29, 0.717) is 29.6 Å². The van der Waals surface area contributed by atoms with Gasteiger partial charge in [-0.1, -0.05) is 78.0 Å². The number of hydrogen-bond acceptors (Lipinski definition) is 5. The zero-order valence-electron chi connectivity index (χ0n) is 17.9. The van der Waals surface area contributed by atoms with Crippen LogP contribution in [0.3, 0.4) is 0 Å². The molecule has 0 aliphatic carbocycles. The second-order valence-corrected chi connectivity index (χ2v) is 7.43. The lowest BCUT2D eigenvalue weighted by Crippen LogP contribution is -2.26. The predicted octanol–water partition coefficient (Wildman–Crippen LogP) is 4.91. The molecule has 1 aromatic heterocycles. The first-order valence-electron chi connectivity index (χ1n) is 10.6. The Morgan fingerprint density at radius 3 is 2.19 bits per heavy atom. The van der Waals surface area contributed by atoms with Crippen molar-refractivity contribution in [3.63, 3.8) is 0 Å². The van der Waals surface area contributed by atoms with Crippen LogP contribution in [-0.2, 0) is 6.61 Å². The number of carbonyl (C=O) groups is 1. The maximum atomic E-state index is 12.9. The number of rotatable bonds is 9. The highest BCUT2D eigenvalue weighted by molar-refractivity contribution is 5.96. The third-order valence-electron chi connectivity index (χ3n) is 5.18. The molecule has 0 aliphatic rings. The van der Waals surface area contributed by atoms with Crippen LogP contribution in [0.2, 0.25) is 0 Å². The summed E-state index contributed by atoms with van der Waals surface area (Å²) in [5.74, 6) is 1.41. The summed E-state index contributed by atoms with van der Waals surface area (Å²) >= 11 is 0. The van der Waals surface area contributed by atoms with Gasteiger partial charge in [-0.3, -0.25) is 4.79 Å². The third-order valence-corrected chi connectivity index (χ3v) is 5.18. The van der Waals surface area contributed by atoms with Crippen molar-refractivity contribution in [2.24, 2.45) is 0 Å². The Balaban J connectivity index is 1.41. The Kier molecular flexibility index (Phi) is 6.92. The van der Waals surface area contributed by atoms with Crippen LogP contribution in [0.5, 0.6) is 5.75 Å². The van der Waals surface area contributed by atoms with Crippen LogP contribution in [0.25, 0.3) is 0 Å². The number of nitrogens with one attached hydrogen (secondary N) is 1. The largest absolute Gasteiger partial charge is 0.485 e. The predicted molar refractivity (Wildman–Crippen MR) is 121 cm³/mol. The number of ether oxygens (including phenoxy) is 1. The van der Waals surface area contributed by atoms with E-state index in [-0.39, 0.29) is 18.4 Å². The van der Waals surface area contributed by atoms with Gasteiger partial charge in [-0.25, -0.2) is 0 Å².